The molecule has 2 aromatic rings. The van der Waals surface area contributed by atoms with Crippen molar-refractivity contribution in [3.8, 4) is 5.75 Å². The van der Waals surface area contributed by atoms with Gasteiger partial charge < -0.3 is 14.8 Å². The van der Waals surface area contributed by atoms with Gasteiger partial charge in [-0.1, -0.05) is 12.1 Å². The average Bonchev–Trinajstić information content (AvgIpc) is 2.98. The molecule has 1 aromatic carbocycles. The number of rotatable bonds is 6. The van der Waals surface area contributed by atoms with E-state index in [1.807, 2.05) is 41.2 Å². The summed E-state index contributed by atoms with van der Waals surface area (Å²) in [6.07, 6.45) is 3.22. The minimum Gasteiger partial charge on any atom is -0.492 e. The van der Waals surface area contributed by atoms with Crippen LogP contribution in [0.1, 0.15) is 5.56 Å². The predicted molar refractivity (Wildman–Crippen MR) is 73.7 cm³/mol. The number of methoxy groups -OCH3 is 1. The third kappa shape index (κ3) is 4.31. The Bertz CT molecular complexity index is 523. The molecule has 0 fully saturated rings. The fourth-order valence-corrected chi connectivity index (χ4v) is 1.67. The molecule has 0 aliphatic heterocycles. The first-order valence-corrected chi connectivity index (χ1v) is 6.29. The first-order chi connectivity index (χ1) is 9.78. The van der Waals surface area contributed by atoms with Crippen LogP contribution in [-0.2, 0) is 11.3 Å². The molecule has 0 atom stereocenters. The number of nitrogens with one attached hydrogen (secondary N) is 1. The molecule has 106 valence electrons. The standard InChI is InChI=1S/C14H17N3O3/c1-19-14(18)15-8-10-20-13-5-3-12(4-6-13)11-17-9-2-7-16-17/h2-7,9H,8,10-11H2,1H3,(H,15,18). The summed E-state index contributed by atoms with van der Waals surface area (Å²) >= 11 is 0. The molecule has 6 heteroatoms. The molecule has 6 nitrogen and oxygen atoms in total. The van der Waals surface area contributed by atoms with Crippen LogP contribution in [0.5, 0.6) is 5.75 Å². The Kier molecular flexibility index (Phi) is 5.00. The fourth-order valence-electron chi connectivity index (χ4n) is 1.67. The summed E-state index contributed by atoms with van der Waals surface area (Å²) in [6.45, 7) is 1.53. The van der Waals surface area contributed by atoms with Crippen LogP contribution in [-0.4, -0.2) is 36.1 Å². The second-order valence-electron chi connectivity index (χ2n) is 4.11. The van der Waals surface area contributed by atoms with Crippen LogP contribution < -0.4 is 10.1 Å². The SMILES string of the molecule is COC(=O)NCCOc1ccc(Cn2cccn2)cc1. The van der Waals surface area contributed by atoms with Crippen LogP contribution in [0.25, 0.3) is 0 Å². The Morgan fingerprint density at radius 1 is 1.35 bits per heavy atom. The Balaban J connectivity index is 1.75. The van der Waals surface area contributed by atoms with Gasteiger partial charge in [0.05, 0.1) is 20.2 Å². The van der Waals surface area contributed by atoms with Crippen molar-refractivity contribution in [2.24, 2.45) is 0 Å². The number of amides is 1. The van der Waals surface area contributed by atoms with Crippen molar-refractivity contribution in [3.63, 3.8) is 0 Å². The number of benzene rings is 1. The number of carbonyl (C=O) groups excluding carboxylic acids is 1. The van der Waals surface area contributed by atoms with Gasteiger partial charge in [-0.3, -0.25) is 4.68 Å². The molecule has 0 bridgehead atoms. The van der Waals surface area contributed by atoms with E-state index in [1.165, 1.54) is 7.11 Å². The van der Waals surface area contributed by atoms with Crippen LogP contribution in [0, 0.1) is 0 Å². The summed E-state index contributed by atoms with van der Waals surface area (Å²) in [7, 11) is 1.33. The molecule has 0 spiro atoms. The quantitative estimate of drug-likeness (QED) is 0.814. The average molecular weight is 275 g/mol. The molecule has 0 saturated carbocycles. The van der Waals surface area contributed by atoms with Crippen LogP contribution in [0.4, 0.5) is 4.79 Å². The number of ether oxygens (including phenoxy) is 2. The molecule has 1 heterocycles. The summed E-state index contributed by atoms with van der Waals surface area (Å²) in [4.78, 5) is 10.8. The smallest absolute Gasteiger partial charge is 0.406 e. The van der Waals surface area contributed by atoms with Crippen LogP contribution in [0.15, 0.2) is 42.7 Å². The molecule has 0 aliphatic carbocycles. The number of alkyl carbamates (subject to hydrolysis) is 1. The Labute approximate surface area is 117 Å². The summed E-state index contributed by atoms with van der Waals surface area (Å²) < 4.78 is 11.8. The number of hydrogen-bond acceptors (Lipinski definition) is 4. The highest BCUT2D eigenvalue weighted by atomic mass is 16.5. The van der Waals surface area contributed by atoms with E-state index >= 15 is 0 Å². The highest BCUT2D eigenvalue weighted by Gasteiger charge is 1.99. The minimum atomic E-state index is -0.455. The third-order valence-corrected chi connectivity index (χ3v) is 2.65. The zero-order chi connectivity index (χ0) is 14.2. The molecular formula is C14H17N3O3. The van der Waals surface area contributed by atoms with Gasteiger partial charge in [0, 0.05) is 12.4 Å². The molecule has 1 aromatic heterocycles. The second kappa shape index (κ2) is 7.18. The van der Waals surface area contributed by atoms with Gasteiger partial charge >= 0.3 is 6.09 Å². The zero-order valence-corrected chi connectivity index (χ0v) is 11.3. The van der Waals surface area contributed by atoms with E-state index in [2.05, 4.69) is 15.2 Å². The fraction of sp³-hybridized carbons (Fsp3) is 0.286. The minimum absolute atomic E-state index is 0.396. The maximum atomic E-state index is 10.8. The Hall–Kier alpha value is -2.50. The molecule has 1 N–H and O–H groups in total. The molecule has 2 rings (SSSR count). The Morgan fingerprint density at radius 3 is 2.80 bits per heavy atom. The van der Waals surface area contributed by atoms with E-state index in [1.54, 1.807) is 6.20 Å². The first kappa shape index (κ1) is 13.9. The second-order valence-corrected chi connectivity index (χ2v) is 4.11. The number of aromatic nitrogens is 2. The zero-order valence-electron chi connectivity index (χ0n) is 11.3. The lowest BCUT2D eigenvalue weighted by atomic mass is 10.2. The lowest BCUT2D eigenvalue weighted by Crippen LogP contribution is -2.27. The van der Waals surface area contributed by atoms with E-state index in [4.69, 9.17) is 4.74 Å². The van der Waals surface area contributed by atoms with Crippen molar-refractivity contribution in [3.05, 3.63) is 48.3 Å². The van der Waals surface area contributed by atoms with Gasteiger partial charge in [0.25, 0.3) is 0 Å². The molecule has 1 amide bonds. The van der Waals surface area contributed by atoms with Crippen molar-refractivity contribution < 1.29 is 14.3 Å². The van der Waals surface area contributed by atoms with E-state index in [0.717, 1.165) is 17.9 Å². The van der Waals surface area contributed by atoms with Crippen LogP contribution >= 0.6 is 0 Å². The molecule has 20 heavy (non-hydrogen) atoms. The monoisotopic (exact) mass is 275 g/mol. The number of nitrogens with zero attached hydrogens (tertiary/aromatic N) is 2. The third-order valence-electron chi connectivity index (χ3n) is 2.65. The number of hydrogen-bond donors (Lipinski definition) is 1. The molecule has 0 radical (unpaired) electrons. The van der Waals surface area contributed by atoms with Gasteiger partial charge in [-0.15, -0.1) is 0 Å². The van der Waals surface area contributed by atoms with E-state index in [-0.39, 0.29) is 0 Å². The molecule has 0 aliphatic rings. The lowest BCUT2D eigenvalue weighted by Gasteiger charge is -2.08. The highest BCUT2D eigenvalue weighted by Crippen LogP contribution is 2.12. The van der Waals surface area contributed by atoms with Crippen LogP contribution in [0.3, 0.4) is 0 Å². The van der Waals surface area contributed by atoms with Crippen molar-refractivity contribution >= 4 is 6.09 Å². The normalized spacial score (nSPS) is 10.1. The van der Waals surface area contributed by atoms with Crippen molar-refractivity contribution in [2.45, 2.75) is 6.54 Å². The van der Waals surface area contributed by atoms with Gasteiger partial charge in [-0.25, -0.2) is 4.79 Å². The van der Waals surface area contributed by atoms with Crippen molar-refractivity contribution in [1.29, 1.82) is 0 Å². The van der Waals surface area contributed by atoms with Crippen LogP contribution in [0.2, 0.25) is 0 Å². The van der Waals surface area contributed by atoms with Gasteiger partial charge in [-0.2, -0.15) is 5.10 Å². The van der Waals surface area contributed by atoms with Gasteiger partial charge in [-0.05, 0) is 23.8 Å². The summed E-state index contributed by atoms with van der Waals surface area (Å²) in [6, 6.07) is 9.68. The van der Waals surface area contributed by atoms with Gasteiger partial charge in [0.2, 0.25) is 0 Å². The lowest BCUT2D eigenvalue weighted by molar-refractivity contribution is 0.168. The van der Waals surface area contributed by atoms with Crippen molar-refractivity contribution in [2.75, 3.05) is 20.3 Å². The van der Waals surface area contributed by atoms with E-state index < -0.39 is 6.09 Å². The largest absolute Gasteiger partial charge is 0.492 e. The maximum absolute atomic E-state index is 10.8. The summed E-state index contributed by atoms with van der Waals surface area (Å²) in [5.41, 5.74) is 1.15. The topological polar surface area (TPSA) is 65.4 Å². The Morgan fingerprint density at radius 2 is 2.15 bits per heavy atom. The summed E-state index contributed by atoms with van der Waals surface area (Å²) in [5.74, 6) is 0.765. The van der Waals surface area contributed by atoms with E-state index in [0.29, 0.717) is 13.2 Å². The van der Waals surface area contributed by atoms with Gasteiger partial charge in [0.15, 0.2) is 0 Å². The highest BCUT2D eigenvalue weighted by molar-refractivity contribution is 5.66. The van der Waals surface area contributed by atoms with Gasteiger partial charge in [0.1, 0.15) is 12.4 Å². The summed E-state index contributed by atoms with van der Waals surface area (Å²) in [5, 5.41) is 6.70. The molecular weight excluding hydrogens is 258 g/mol. The maximum Gasteiger partial charge on any atom is 0.406 e. The molecule has 0 unspecified atom stereocenters. The van der Waals surface area contributed by atoms with Crippen molar-refractivity contribution in [1.82, 2.24) is 15.1 Å². The number of carbonyl (C=O) groups is 1. The van der Waals surface area contributed by atoms with E-state index in [9.17, 15) is 4.79 Å². The first-order valence-electron chi connectivity index (χ1n) is 6.29. The predicted octanol–water partition coefficient (Wildman–Crippen LogP) is 1.67. The molecule has 0 saturated heterocycles.